The summed E-state index contributed by atoms with van der Waals surface area (Å²) in [4.78, 5) is 4.24. The average Bonchev–Trinajstić information content (AvgIpc) is 3.00. The largest absolute Gasteiger partial charge is 0.394 e. The van der Waals surface area contributed by atoms with E-state index in [1.807, 2.05) is 48.5 Å². The van der Waals surface area contributed by atoms with Crippen LogP contribution >= 0.6 is 0 Å². The Morgan fingerprint density at radius 3 is 2.50 bits per heavy atom. The lowest BCUT2D eigenvalue weighted by molar-refractivity contribution is 0.239. The summed E-state index contributed by atoms with van der Waals surface area (Å²) in [6.07, 6.45) is 3.52. The summed E-state index contributed by atoms with van der Waals surface area (Å²) in [5.41, 5.74) is 2.45. The molecule has 0 fully saturated rings. The molecule has 0 aliphatic heterocycles. The molecule has 0 aliphatic carbocycles. The molecule has 1 unspecified atom stereocenters. The van der Waals surface area contributed by atoms with Crippen LogP contribution < -0.4 is 0 Å². The minimum atomic E-state index is -0.235. The summed E-state index contributed by atoms with van der Waals surface area (Å²) in [6, 6.07) is 15.1. The Labute approximate surface area is 116 Å². The van der Waals surface area contributed by atoms with Gasteiger partial charge in [-0.25, -0.2) is 4.68 Å². The van der Waals surface area contributed by atoms with Gasteiger partial charge in [-0.05, 0) is 17.7 Å². The zero-order valence-corrected chi connectivity index (χ0v) is 10.8. The Bertz CT molecular complexity index is 667. The van der Waals surface area contributed by atoms with E-state index in [4.69, 9.17) is 0 Å². The van der Waals surface area contributed by atoms with Gasteiger partial charge in [0.05, 0.1) is 18.5 Å². The third-order valence-corrected chi connectivity index (χ3v) is 3.11. The van der Waals surface area contributed by atoms with Gasteiger partial charge < -0.3 is 5.11 Å². The van der Waals surface area contributed by atoms with Gasteiger partial charge in [-0.15, -0.1) is 5.10 Å². The zero-order chi connectivity index (χ0) is 13.8. The van der Waals surface area contributed by atoms with E-state index >= 15 is 0 Å². The Balaban J connectivity index is 1.93. The van der Waals surface area contributed by atoms with E-state index in [1.165, 1.54) is 0 Å². The van der Waals surface area contributed by atoms with Crippen molar-refractivity contribution in [2.45, 2.75) is 6.04 Å². The van der Waals surface area contributed by atoms with Gasteiger partial charge in [0.15, 0.2) is 0 Å². The highest BCUT2D eigenvalue weighted by Gasteiger charge is 2.15. The summed E-state index contributed by atoms with van der Waals surface area (Å²) in [7, 11) is 0. The molecule has 0 bridgehead atoms. The first-order valence-electron chi connectivity index (χ1n) is 6.37. The van der Waals surface area contributed by atoms with Crippen LogP contribution in [-0.2, 0) is 0 Å². The van der Waals surface area contributed by atoms with Crippen molar-refractivity contribution in [1.82, 2.24) is 20.0 Å². The monoisotopic (exact) mass is 266 g/mol. The number of rotatable bonds is 4. The molecule has 3 aromatic rings. The average molecular weight is 266 g/mol. The Morgan fingerprint density at radius 2 is 1.80 bits per heavy atom. The lowest BCUT2D eigenvalue weighted by Gasteiger charge is -2.13. The molecule has 1 aromatic carbocycles. The molecule has 1 N–H and O–H groups in total. The summed E-state index contributed by atoms with van der Waals surface area (Å²) in [5, 5.41) is 17.8. The highest BCUT2D eigenvalue weighted by atomic mass is 16.3. The van der Waals surface area contributed by atoms with Crippen LogP contribution in [0.1, 0.15) is 11.6 Å². The van der Waals surface area contributed by atoms with Crippen molar-refractivity contribution in [3.63, 3.8) is 0 Å². The predicted octanol–water partition coefficient (Wildman–Crippen LogP) is 1.92. The number of aliphatic hydroxyl groups excluding tert-OH is 1. The first-order chi connectivity index (χ1) is 9.88. The van der Waals surface area contributed by atoms with Gasteiger partial charge in [-0.2, -0.15) is 0 Å². The molecular formula is C15H14N4O. The fourth-order valence-electron chi connectivity index (χ4n) is 2.08. The topological polar surface area (TPSA) is 63.8 Å². The molecule has 5 heteroatoms. The second kappa shape index (κ2) is 5.63. The maximum absolute atomic E-state index is 9.61. The van der Waals surface area contributed by atoms with Crippen LogP contribution in [0.4, 0.5) is 0 Å². The second-order valence-electron chi connectivity index (χ2n) is 4.41. The van der Waals surface area contributed by atoms with Gasteiger partial charge in [0.2, 0.25) is 0 Å². The van der Waals surface area contributed by atoms with Gasteiger partial charge in [-0.1, -0.05) is 41.6 Å². The normalized spacial score (nSPS) is 12.2. The maximum atomic E-state index is 9.61. The predicted molar refractivity (Wildman–Crippen MR) is 74.9 cm³/mol. The van der Waals surface area contributed by atoms with Gasteiger partial charge in [0.25, 0.3) is 0 Å². The SMILES string of the molecule is OCC(c1ccccc1)n1cc(-c2ccccn2)nn1. The number of pyridine rings is 1. The van der Waals surface area contributed by atoms with Crippen LogP contribution in [0, 0.1) is 0 Å². The van der Waals surface area contributed by atoms with E-state index in [-0.39, 0.29) is 12.6 Å². The lowest BCUT2D eigenvalue weighted by Crippen LogP contribution is -2.15. The van der Waals surface area contributed by atoms with Gasteiger partial charge in [0.1, 0.15) is 11.7 Å². The molecule has 2 heterocycles. The van der Waals surface area contributed by atoms with Crippen molar-refractivity contribution in [3.05, 3.63) is 66.5 Å². The summed E-state index contributed by atoms with van der Waals surface area (Å²) >= 11 is 0. The van der Waals surface area contributed by atoms with Crippen molar-refractivity contribution in [1.29, 1.82) is 0 Å². The molecule has 0 saturated heterocycles. The molecule has 2 aromatic heterocycles. The zero-order valence-electron chi connectivity index (χ0n) is 10.8. The molecule has 0 saturated carbocycles. The quantitative estimate of drug-likeness (QED) is 0.783. The van der Waals surface area contributed by atoms with Crippen LogP contribution in [0.2, 0.25) is 0 Å². The van der Waals surface area contributed by atoms with Crippen molar-refractivity contribution in [3.8, 4) is 11.4 Å². The first kappa shape index (κ1) is 12.5. The molecule has 100 valence electrons. The molecule has 3 rings (SSSR count). The Morgan fingerprint density at radius 1 is 1.00 bits per heavy atom. The van der Waals surface area contributed by atoms with Crippen molar-refractivity contribution >= 4 is 0 Å². The number of hydrogen-bond donors (Lipinski definition) is 1. The second-order valence-corrected chi connectivity index (χ2v) is 4.41. The molecule has 1 atom stereocenters. The third kappa shape index (κ3) is 2.44. The highest BCUT2D eigenvalue weighted by Crippen LogP contribution is 2.19. The maximum Gasteiger partial charge on any atom is 0.131 e. The molecule has 0 spiro atoms. The van der Waals surface area contributed by atoms with Crippen molar-refractivity contribution in [2.24, 2.45) is 0 Å². The van der Waals surface area contributed by atoms with Crippen LogP contribution in [-0.4, -0.2) is 31.7 Å². The number of aliphatic hydroxyl groups is 1. The number of benzene rings is 1. The molecule has 0 aliphatic rings. The van der Waals surface area contributed by atoms with Crippen molar-refractivity contribution < 1.29 is 5.11 Å². The van der Waals surface area contributed by atoms with E-state index in [2.05, 4.69) is 15.3 Å². The highest BCUT2D eigenvalue weighted by molar-refractivity contribution is 5.51. The van der Waals surface area contributed by atoms with Crippen LogP contribution in [0.3, 0.4) is 0 Å². The van der Waals surface area contributed by atoms with E-state index in [9.17, 15) is 5.11 Å². The number of nitrogens with zero attached hydrogens (tertiary/aromatic N) is 4. The van der Waals surface area contributed by atoms with E-state index in [0.717, 1.165) is 11.3 Å². The Hall–Kier alpha value is -2.53. The Kier molecular flexibility index (Phi) is 3.52. The fourth-order valence-corrected chi connectivity index (χ4v) is 2.08. The molecule has 20 heavy (non-hydrogen) atoms. The molecule has 0 amide bonds. The van der Waals surface area contributed by atoms with E-state index < -0.39 is 0 Å². The van der Waals surface area contributed by atoms with Crippen LogP contribution in [0.15, 0.2) is 60.9 Å². The number of hydrogen-bond acceptors (Lipinski definition) is 4. The van der Waals surface area contributed by atoms with Crippen LogP contribution in [0.5, 0.6) is 0 Å². The smallest absolute Gasteiger partial charge is 0.131 e. The van der Waals surface area contributed by atoms with Gasteiger partial charge >= 0.3 is 0 Å². The minimum Gasteiger partial charge on any atom is -0.394 e. The standard InChI is InChI=1S/C15H14N4O/c20-11-15(12-6-2-1-3-7-12)19-10-14(17-18-19)13-8-4-5-9-16-13/h1-10,15,20H,11H2. The first-order valence-corrected chi connectivity index (χ1v) is 6.37. The molecular weight excluding hydrogens is 252 g/mol. The molecule has 0 radical (unpaired) electrons. The van der Waals surface area contributed by atoms with Gasteiger partial charge in [0, 0.05) is 6.20 Å². The molecule has 5 nitrogen and oxygen atoms in total. The van der Waals surface area contributed by atoms with Crippen molar-refractivity contribution in [2.75, 3.05) is 6.61 Å². The van der Waals surface area contributed by atoms with E-state index in [1.54, 1.807) is 17.1 Å². The van der Waals surface area contributed by atoms with E-state index in [0.29, 0.717) is 5.69 Å². The van der Waals surface area contributed by atoms with Gasteiger partial charge in [-0.3, -0.25) is 4.98 Å². The summed E-state index contributed by atoms with van der Waals surface area (Å²) in [5.74, 6) is 0. The number of aromatic nitrogens is 4. The lowest BCUT2D eigenvalue weighted by atomic mass is 10.1. The van der Waals surface area contributed by atoms with Crippen LogP contribution in [0.25, 0.3) is 11.4 Å². The third-order valence-electron chi connectivity index (χ3n) is 3.11. The summed E-state index contributed by atoms with van der Waals surface area (Å²) in [6.45, 7) is -0.0327. The summed E-state index contributed by atoms with van der Waals surface area (Å²) < 4.78 is 1.67. The fraction of sp³-hybridized carbons (Fsp3) is 0.133. The minimum absolute atomic E-state index is 0.0327.